The predicted molar refractivity (Wildman–Crippen MR) is 76.7 cm³/mol. The van der Waals surface area contributed by atoms with Gasteiger partial charge < -0.3 is 11.5 Å². The van der Waals surface area contributed by atoms with E-state index in [1.807, 2.05) is 36.4 Å². The van der Waals surface area contributed by atoms with E-state index >= 15 is 0 Å². The van der Waals surface area contributed by atoms with Gasteiger partial charge in [-0.05, 0) is 35.4 Å². The third-order valence-corrected chi connectivity index (χ3v) is 3.30. The van der Waals surface area contributed by atoms with Gasteiger partial charge in [-0.1, -0.05) is 47.5 Å². The average Bonchev–Trinajstić information content (AvgIpc) is 2.32. The van der Waals surface area contributed by atoms with Gasteiger partial charge >= 0.3 is 0 Å². The highest BCUT2D eigenvalue weighted by atomic mass is 35.5. The Labute approximate surface area is 117 Å². The van der Waals surface area contributed by atoms with E-state index in [9.17, 15) is 0 Å². The fourth-order valence-electron chi connectivity index (χ4n) is 1.80. The van der Waals surface area contributed by atoms with Gasteiger partial charge in [0.15, 0.2) is 0 Å². The van der Waals surface area contributed by atoms with Gasteiger partial charge in [0.2, 0.25) is 0 Å². The Morgan fingerprint density at radius 3 is 1.72 bits per heavy atom. The number of halogens is 2. The van der Waals surface area contributed by atoms with Crippen molar-refractivity contribution >= 4 is 23.2 Å². The van der Waals surface area contributed by atoms with Gasteiger partial charge in [-0.2, -0.15) is 0 Å². The Bertz CT molecular complexity index is 518. The molecule has 0 bridgehead atoms. The lowest BCUT2D eigenvalue weighted by molar-refractivity contribution is 0.462. The van der Waals surface area contributed by atoms with Crippen molar-refractivity contribution in [3.63, 3.8) is 0 Å². The summed E-state index contributed by atoms with van der Waals surface area (Å²) in [6.45, 7) is 0. The van der Waals surface area contributed by atoms with Gasteiger partial charge in [-0.25, -0.2) is 0 Å². The molecule has 0 saturated carbocycles. The number of benzene rings is 2. The molecule has 2 rings (SSSR count). The second-order valence-corrected chi connectivity index (χ2v) is 5.22. The summed E-state index contributed by atoms with van der Waals surface area (Å²) in [6, 6.07) is 14.8. The molecule has 0 unspecified atom stereocenters. The molecule has 0 aliphatic carbocycles. The Morgan fingerprint density at radius 1 is 0.778 bits per heavy atom. The monoisotopic (exact) mass is 280 g/mol. The van der Waals surface area contributed by atoms with Crippen LogP contribution in [0.2, 0.25) is 10.0 Å². The maximum Gasteiger partial charge on any atom is 0.0940 e. The summed E-state index contributed by atoms with van der Waals surface area (Å²) in [7, 11) is 0. The Morgan fingerprint density at radius 2 is 1.22 bits per heavy atom. The standard InChI is InChI=1S/C14H14Cl2N2/c15-12-5-1-10(2-6-12)9-14(17,18)11-3-7-13(16)8-4-11/h1-8H,9,17-18H2. The van der Waals surface area contributed by atoms with E-state index in [4.69, 9.17) is 34.7 Å². The number of hydrogen-bond donors (Lipinski definition) is 2. The average molecular weight is 281 g/mol. The number of nitrogens with two attached hydrogens (primary N) is 2. The molecule has 0 spiro atoms. The van der Waals surface area contributed by atoms with Crippen molar-refractivity contribution in [2.75, 3.05) is 0 Å². The summed E-state index contributed by atoms with van der Waals surface area (Å²) in [6.07, 6.45) is 0.534. The van der Waals surface area contributed by atoms with Gasteiger partial charge in [0.1, 0.15) is 0 Å². The lowest BCUT2D eigenvalue weighted by Gasteiger charge is -2.25. The fourth-order valence-corrected chi connectivity index (χ4v) is 2.05. The molecule has 4 heteroatoms. The van der Waals surface area contributed by atoms with Gasteiger partial charge in [0.05, 0.1) is 5.66 Å². The van der Waals surface area contributed by atoms with Crippen LogP contribution in [0.5, 0.6) is 0 Å². The summed E-state index contributed by atoms with van der Waals surface area (Å²) in [4.78, 5) is 0. The first kappa shape index (κ1) is 13.4. The summed E-state index contributed by atoms with van der Waals surface area (Å²) >= 11 is 11.7. The van der Waals surface area contributed by atoms with Crippen LogP contribution in [0.25, 0.3) is 0 Å². The van der Waals surface area contributed by atoms with E-state index in [-0.39, 0.29) is 0 Å². The normalized spacial score (nSPS) is 11.6. The molecule has 0 aromatic heterocycles. The first-order valence-electron chi connectivity index (χ1n) is 5.56. The van der Waals surface area contributed by atoms with Crippen molar-refractivity contribution in [1.82, 2.24) is 0 Å². The minimum Gasteiger partial charge on any atom is -0.309 e. The van der Waals surface area contributed by atoms with E-state index < -0.39 is 5.66 Å². The molecular weight excluding hydrogens is 267 g/mol. The molecule has 0 fully saturated rings. The molecule has 0 aliphatic heterocycles. The molecule has 94 valence electrons. The molecule has 2 aromatic rings. The summed E-state index contributed by atoms with van der Waals surface area (Å²) in [5.74, 6) is 0. The third-order valence-electron chi connectivity index (χ3n) is 2.79. The summed E-state index contributed by atoms with van der Waals surface area (Å²) < 4.78 is 0. The summed E-state index contributed by atoms with van der Waals surface area (Å²) in [5, 5.41) is 1.37. The maximum atomic E-state index is 6.16. The van der Waals surface area contributed by atoms with Crippen LogP contribution in [0.1, 0.15) is 11.1 Å². The SMILES string of the molecule is NC(N)(Cc1ccc(Cl)cc1)c1ccc(Cl)cc1. The lowest BCUT2D eigenvalue weighted by atomic mass is 9.94. The molecule has 2 aromatic carbocycles. The van der Waals surface area contributed by atoms with Crippen LogP contribution >= 0.6 is 23.2 Å². The van der Waals surface area contributed by atoms with Crippen LogP contribution in [0.15, 0.2) is 48.5 Å². The van der Waals surface area contributed by atoms with Crippen molar-refractivity contribution in [3.8, 4) is 0 Å². The van der Waals surface area contributed by atoms with Gasteiger partial charge in [-0.15, -0.1) is 0 Å². The zero-order valence-electron chi connectivity index (χ0n) is 9.74. The van der Waals surface area contributed by atoms with Crippen LogP contribution in [-0.2, 0) is 12.1 Å². The molecule has 2 nitrogen and oxygen atoms in total. The highest BCUT2D eigenvalue weighted by Crippen LogP contribution is 2.21. The zero-order chi connectivity index (χ0) is 13.2. The first-order chi connectivity index (χ1) is 8.47. The Balaban J connectivity index is 2.20. The molecule has 0 aliphatic rings. The van der Waals surface area contributed by atoms with Crippen molar-refractivity contribution < 1.29 is 0 Å². The van der Waals surface area contributed by atoms with E-state index in [0.29, 0.717) is 16.5 Å². The predicted octanol–water partition coefficient (Wildman–Crippen LogP) is 3.31. The van der Waals surface area contributed by atoms with Crippen LogP contribution in [0, 0.1) is 0 Å². The molecule has 0 atom stereocenters. The van der Waals surface area contributed by atoms with Crippen LogP contribution in [-0.4, -0.2) is 0 Å². The second kappa shape index (κ2) is 5.29. The van der Waals surface area contributed by atoms with Crippen LogP contribution < -0.4 is 11.5 Å². The molecule has 0 heterocycles. The Hall–Kier alpha value is -1.06. The summed E-state index contributed by atoms with van der Waals surface area (Å²) in [5.41, 5.74) is 13.3. The highest BCUT2D eigenvalue weighted by Gasteiger charge is 2.22. The van der Waals surface area contributed by atoms with Crippen molar-refractivity contribution in [2.45, 2.75) is 12.1 Å². The highest BCUT2D eigenvalue weighted by molar-refractivity contribution is 6.30. The largest absolute Gasteiger partial charge is 0.309 e. The molecule has 0 radical (unpaired) electrons. The second-order valence-electron chi connectivity index (χ2n) is 4.35. The topological polar surface area (TPSA) is 52.0 Å². The van der Waals surface area contributed by atoms with E-state index in [0.717, 1.165) is 11.1 Å². The minimum absolute atomic E-state index is 0.534. The fraction of sp³-hybridized carbons (Fsp3) is 0.143. The molecule has 0 saturated heterocycles. The van der Waals surface area contributed by atoms with E-state index in [1.165, 1.54) is 0 Å². The van der Waals surface area contributed by atoms with Gasteiger partial charge in [0.25, 0.3) is 0 Å². The quantitative estimate of drug-likeness (QED) is 0.848. The molecule has 4 N–H and O–H groups in total. The van der Waals surface area contributed by atoms with E-state index in [1.54, 1.807) is 12.1 Å². The number of rotatable bonds is 3. The molecule has 0 amide bonds. The number of hydrogen-bond acceptors (Lipinski definition) is 2. The van der Waals surface area contributed by atoms with Gasteiger partial charge in [0, 0.05) is 16.5 Å². The lowest BCUT2D eigenvalue weighted by Crippen LogP contribution is -2.48. The van der Waals surface area contributed by atoms with Gasteiger partial charge in [-0.3, -0.25) is 0 Å². The smallest absolute Gasteiger partial charge is 0.0940 e. The third kappa shape index (κ3) is 3.24. The van der Waals surface area contributed by atoms with Crippen LogP contribution in [0.4, 0.5) is 0 Å². The minimum atomic E-state index is -0.918. The van der Waals surface area contributed by atoms with Crippen molar-refractivity contribution in [2.24, 2.45) is 11.5 Å². The first-order valence-corrected chi connectivity index (χ1v) is 6.31. The Kier molecular flexibility index (Phi) is 3.93. The zero-order valence-corrected chi connectivity index (χ0v) is 11.2. The van der Waals surface area contributed by atoms with E-state index in [2.05, 4.69) is 0 Å². The molecule has 18 heavy (non-hydrogen) atoms. The van der Waals surface area contributed by atoms with Crippen LogP contribution in [0.3, 0.4) is 0 Å². The maximum absolute atomic E-state index is 6.16. The molecular formula is C14H14Cl2N2. The van der Waals surface area contributed by atoms with Crippen molar-refractivity contribution in [3.05, 3.63) is 69.7 Å². The van der Waals surface area contributed by atoms with Crippen molar-refractivity contribution in [1.29, 1.82) is 0 Å².